The molecule has 1 N–H and O–H groups in total. The van der Waals surface area contributed by atoms with Gasteiger partial charge in [-0.25, -0.2) is 9.59 Å². The Hall–Kier alpha value is -2.12. The Kier molecular flexibility index (Phi) is 10.3. The lowest BCUT2D eigenvalue weighted by molar-refractivity contribution is -0.152. The monoisotopic (exact) mass is 353 g/mol. The molecule has 0 aliphatic rings. The predicted molar refractivity (Wildman–Crippen MR) is 91.8 cm³/mol. The van der Waals surface area contributed by atoms with Crippen LogP contribution in [0.1, 0.15) is 31.7 Å². The van der Waals surface area contributed by atoms with Crippen LogP contribution in [0.15, 0.2) is 30.3 Å². The number of benzene rings is 1. The predicted octanol–water partition coefficient (Wildman–Crippen LogP) is 2.63. The molecule has 1 aromatic carbocycles. The first-order chi connectivity index (χ1) is 12.1. The number of carbonyl (C=O) groups is 2. The van der Waals surface area contributed by atoms with Crippen molar-refractivity contribution in [3.63, 3.8) is 0 Å². The number of methoxy groups -OCH3 is 2. The number of carbonyl (C=O) groups excluding carboxylic acids is 2. The molecule has 0 spiro atoms. The molecule has 0 aliphatic heterocycles. The van der Waals surface area contributed by atoms with E-state index in [-0.39, 0.29) is 13.0 Å². The van der Waals surface area contributed by atoms with Crippen LogP contribution in [-0.2, 0) is 30.3 Å². The van der Waals surface area contributed by atoms with Gasteiger partial charge in [-0.15, -0.1) is 0 Å². The van der Waals surface area contributed by atoms with Crippen molar-refractivity contribution in [3.05, 3.63) is 35.9 Å². The molecule has 1 atom stereocenters. The summed E-state index contributed by atoms with van der Waals surface area (Å²) in [6, 6.07) is 8.36. The van der Waals surface area contributed by atoms with Crippen molar-refractivity contribution in [2.45, 2.75) is 45.1 Å². The number of ether oxygens (including phenoxy) is 4. The number of hydrogen-bond acceptors (Lipinski definition) is 6. The van der Waals surface area contributed by atoms with Gasteiger partial charge in [-0.05, 0) is 12.0 Å². The van der Waals surface area contributed by atoms with Crippen LogP contribution in [0.25, 0.3) is 0 Å². The Morgan fingerprint density at radius 2 is 1.76 bits per heavy atom. The van der Waals surface area contributed by atoms with Crippen molar-refractivity contribution in [3.8, 4) is 0 Å². The van der Waals surface area contributed by atoms with Gasteiger partial charge in [-0.1, -0.05) is 43.7 Å². The maximum absolute atomic E-state index is 12.2. The highest BCUT2D eigenvalue weighted by molar-refractivity contribution is 5.81. The van der Waals surface area contributed by atoms with Crippen LogP contribution in [0.4, 0.5) is 4.79 Å². The van der Waals surface area contributed by atoms with Crippen LogP contribution in [0.2, 0.25) is 0 Å². The van der Waals surface area contributed by atoms with Crippen molar-refractivity contribution in [1.29, 1.82) is 0 Å². The van der Waals surface area contributed by atoms with Crippen molar-refractivity contribution < 1.29 is 28.5 Å². The summed E-state index contributed by atoms with van der Waals surface area (Å²) in [6.45, 7) is 2.41. The molecule has 1 unspecified atom stereocenters. The SMILES string of the molecule is CCCCOC(=O)C(CC(OC)OC)NC(=O)OCc1ccccc1. The van der Waals surface area contributed by atoms with Gasteiger partial charge >= 0.3 is 12.1 Å². The van der Waals surface area contributed by atoms with E-state index in [0.29, 0.717) is 6.61 Å². The Balaban J connectivity index is 2.57. The number of alkyl carbamates (subject to hydrolysis) is 1. The molecule has 0 bridgehead atoms. The molecule has 0 saturated heterocycles. The Morgan fingerprint density at radius 1 is 1.08 bits per heavy atom. The third-order valence-corrected chi connectivity index (χ3v) is 3.49. The van der Waals surface area contributed by atoms with E-state index in [1.54, 1.807) is 0 Å². The van der Waals surface area contributed by atoms with Gasteiger partial charge in [0.25, 0.3) is 0 Å². The molecule has 0 aliphatic carbocycles. The molecule has 7 nitrogen and oxygen atoms in total. The lowest BCUT2D eigenvalue weighted by Gasteiger charge is -2.21. The second kappa shape index (κ2) is 12.3. The van der Waals surface area contributed by atoms with Crippen molar-refractivity contribution >= 4 is 12.1 Å². The fourth-order valence-electron chi connectivity index (χ4n) is 2.02. The molecule has 25 heavy (non-hydrogen) atoms. The standard InChI is InChI=1S/C18H27NO6/c1-4-5-11-24-17(20)15(12-16(22-2)23-3)19-18(21)25-13-14-9-7-6-8-10-14/h6-10,15-16H,4-5,11-13H2,1-3H3,(H,19,21). The van der Waals surface area contributed by atoms with Gasteiger partial charge in [-0.3, -0.25) is 0 Å². The highest BCUT2D eigenvalue weighted by Crippen LogP contribution is 2.07. The van der Waals surface area contributed by atoms with E-state index in [1.165, 1.54) is 14.2 Å². The second-order valence-electron chi connectivity index (χ2n) is 5.42. The second-order valence-corrected chi connectivity index (χ2v) is 5.42. The summed E-state index contributed by atoms with van der Waals surface area (Å²) in [5.74, 6) is -0.538. The van der Waals surface area contributed by atoms with Crippen LogP contribution in [-0.4, -0.2) is 45.2 Å². The third kappa shape index (κ3) is 8.51. The first-order valence-electron chi connectivity index (χ1n) is 8.30. The van der Waals surface area contributed by atoms with Crippen LogP contribution in [0.5, 0.6) is 0 Å². The van der Waals surface area contributed by atoms with Gasteiger partial charge in [0.1, 0.15) is 12.6 Å². The number of hydrogen-bond donors (Lipinski definition) is 1. The van der Waals surface area contributed by atoms with Gasteiger partial charge in [0.2, 0.25) is 0 Å². The molecule has 140 valence electrons. The maximum Gasteiger partial charge on any atom is 0.408 e. The van der Waals surface area contributed by atoms with E-state index in [2.05, 4.69) is 5.32 Å². The van der Waals surface area contributed by atoms with E-state index in [0.717, 1.165) is 18.4 Å². The first-order valence-corrected chi connectivity index (χ1v) is 8.30. The van der Waals surface area contributed by atoms with Crippen molar-refractivity contribution in [2.75, 3.05) is 20.8 Å². The summed E-state index contributed by atoms with van der Waals surface area (Å²) >= 11 is 0. The molecule has 1 rings (SSSR count). The van der Waals surface area contributed by atoms with Gasteiger partial charge in [0, 0.05) is 20.6 Å². The summed E-state index contributed by atoms with van der Waals surface area (Å²) in [6.07, 6.45) is 0.446. The van der Waals surface area contributed by atoms with E-state index in [9.17, 15) is 9.59 Å². The molecule has 0 heterocycles. The average molecular weight is 353 g/mol. The number of nitrogens with one attached hydrogen (secondary N) is 1. The van der Waals surface area contributed by atoms with Gasteiger partial charge in [0.05, 0.1) is 6.61 Å². The van der Waals surface area contributed by atoms with Crippen LogP contribution >= 0.6 is 0 Å². The molecular formula is C18H27NO6. The summed E-state index contributed by atoms with van der Waals surface area (Å²) in [7, 11) is 2.92. The zero-order valence-corrected chi connectivity index (χ0v) is 15.0. The smallest absolute Gasteiger partial charge is 0.408 e. The number of rotatable bonds is 11. The van der Waals surface area contributed by atoms with E-state index in [4.69, 9.17) is 18.9 Å². The highest BCUT2D eigenvalue weighted by Gasteiger charge is 2.26. The normalized spacial score (nSPS) is 11.8. The minimum atomic E-state index is -0.912. The minimum Gasteiger partial charge on any atom is -0.464 e. The van der Waals surface area contributed by atoms with Crippen molar-refractivity contribution in [1.82, 2.24) is 5.32 Å². The van der Waals surface area contributed by atoms with E-state index < -0.39 is 24.4 Å². The van der Waals surface area contributed by atoms with Crippen molar-refractivity contribution in [2.24, 2.45) is 0 Å². The van der Waals surface area contributed by atoms with E-state index >= 15 is 0 Å². The lowest BCUT2D eigenvalue weighted by Crippen LogP contribution is -2.44. The summed E-state index contributed by atoms with van der Waals surface area (Å²) in [5.41, 5.74) is 0.853. The van der Waals surface area contributed by atoms with Crippen LogP contribution < -0.4 is 5.32 Å². The largest absolute Gasteiger partial charge is 0.464 e. The molecular weight excluding hydrogens is 326 g/mol. The molecule has 1 amide bonds. The van der Waals surface area contributed by atoms with Crippen LogP contribution in [0, 0.1) is 0 Å². The molecule has 0 radical (unpaired) electrons. The quantitative estimate of drug-likeness (QED) is 0.374. The topological polar surface area (TPSA) is 83.1 Å². The molecule has 0 saturated carbocycles. The average Bonchev–Trinajstić information content (AvgIpc) is 2.64. The van der Waals surface area contributed by atoms with E-state index in [1.807, 2.05) is 37.3 Å². The zero-order valence-electron chi connectivity index (χ0n) is 15.0. The lowest BCUT2D eigenvalue weighted by atomic mass is 10.2. The molecule has 1 aromatic rings. The summed E-state index contributed by atoms with van der Waals surface area (Å²) in [4.78, 5) is 24.2. The number of amides is 1. The van der Waals surface area contributed by atoms with Gasteiger partial charge in [-0.2, -0.15) is 0 Å². The number of unbranched alkanes of at least 4 members (excludes halogenated alkanes) is 1. The Morgan fingerprint density at radius 3 is 2.36 bits per heavy atom. The summed E-state index contributed by atoms with van der Waals surface area (Å²) in [5, 5.41) is 2.52. The third-order valence-electron chi connectivity index (χ3n) is 3.49. The first kappa shape index (κ1) is 20.9. The number of esters is 1. The fourth-order valence-corrected chi connectivity index (χ4v) is 2.02. The highest BCUT2D eigenvalue weighted by atomic mass is 16.7. The fraction of sp³-hybridized carbons (Fsp3) is 0.556. The Bertz CT molecular complexity index is 504. The summed E-state index contributed by atoms with van der Waals surface area (Å²) < 4.78 is 20.5. The van der Waals surface area contributed by atoms with Crippen LogP contribution in [0.3, 0.4) is 0 Å². The van der Waals surface area contributed by atoms with Gasteiger partial charge < -0.3 is 24.3 Å². The Labute approximate surface area is 148 Å². The molecule has 0 fully saturated rings. The maximum atomic E-state index is 12.2. The molecule has 0 aromatic heterocycles. The molecule has 7 heteroatoms. The van der Waals surface area contributed by atoms with Gasteiger partial charge in [0.15, 0.2) is 6.29 Å². The minimum absolute atomic E-state index is 0.113. The zero-order chi connectivity index (χ0) is 18.5.